The average molecular weight is 202 g/mol. The van der Waals surface area contributed by atoms with Gasteiger partial charge in [-0.2, -0.15) is 0 Å². The van der Waals surface area contributed by atoms with Gasteiger partial charge in [0.05, 0.1) is 6.61 Å². The quantitative estimate of drug-likeness (QED) is 0.433. The highest BCUT2D eigenvalue weighted by molar-refractivity contribution is 5.83. The predicted octanol–water partition coefficient (Wildman–Crippen LogP) is -0.480. The van der Waals surface area contributed by atoms with E-state index in [0.29, 0.717) is 19.6 Å². The van der Waals surface area contributed by atoms with Crippen molar-refractivity contribution in [1.29, 1.82) is 0 Å². The summed E-state index contributed by atoms with van der Waals surface area (Å²) in [5.74, 6) is -0.105. The summed E-state index contributed by atoms with van der Waals surface area (Å²) < 4.78 is 4.79. The minimum absolute atomic E-state index is 0.0720. The second-order valence-electron chi connectivity index (χ2n) is 3.29. The highest BCUT2D eigenvalue weighted by Gasteiger charge is 2.20. The van der Waals surface area contributed by atoms with Gasteiger partial charge >= 0.3 is 0 Å². The number of amides is 2. The topological polar surface area (TPSA) is 67.4 Å². The molecular formula is C9H18N2O3. The van der Waals surface area contributed by atoms with Crippen molar-refractivity contribution in [3.63, 3.8) is 0 Å². The van der Waals surface area contributed by atoms with Crippen molar-refractivity contribution in [3.05, 3.63) is 0 Å². The van der Waals surface area contributed by atoms with Gasteiger partial charge in [0, 0.05) is 13.7 Å². The second kappa shape index (κ2) is 7.32. The third-order valence-electron chi connectivity index (χ3n) is 1.80. The molecule has 82 valence electrons. The molecule has 0 aliphatic rings. The molecule has 0 aromatic rings. The van der Waals surface area contributed by atoms with Crippen LogP contribution in [0.5, 0.6) is 0 Å². The summed E-state index contributed by atoms with van der Waals surface area (Å²) in [5, 5.41) is 5.14. The van der Waals surface area contributed by atoms with Crippen molar-refractivity contribution in [1.82, 2.24) is 10.6 Å². The largest absolute Gasteiger partial charge is 0.383 e. The summed E-state index contributed by atoms with van der Waals surface area (Å²) in [6.45, 7) is 4.67. The van der Waals surface area contributed by atoms with E-state index in [4.69, 9.17) is 4.74 Å². The summed E-state index contributed by atoms with van der Waals surface area (Å²) in [4.78, 5) is 21.7. The lowest BCUT2D eigenvalue weighted by Gasteiger charge is -2.18. The molecule has 0 rings (SSSR count). The van der Waals surface area contributed by atoms with Crippen molar-refractivity contribution in [2.45, 2.75) is 19.9 Å². The summed E-state index contributed by atoms with van der Waals surface area (Å²) in [7, 11) is 1.57. The molecule has 5 heteroatoms. The van der Waals surface area contributed by atoms with Gasteiger partial charge in [-0.3, -0.25) is 9.59 Å². The number of rotatable bonds is 7. The highest BCUT2D eigenvalue weighted by atomic mass is 16.5. The molecule has 0 fully saturated rings. The van der Waals surface area contributed by atoms with Crippen LogP contribution in [0.25, 0.3) is 0 Å². The number of ether oxygens (including phenoxy) is 1. The molecule has 0 saturated carbocycles. The van der Waals surface area contributed by atoms with Crippen LogP contribution in [0.4, 0.5) is 0 Å². The third kappa shape index (κ3) is 4.81. The van der Waals surface area contributed by atoms with E-state index in [1.54, 1.807) is 7.11 Å². The lowest BCUT2D eigenvalue weighted by atomic mass is 10.0. The van der Waals surface area contributed by atoms with E-state index in [1.165, 1.54) is 0 Å². The monoisotopic (exact) mass is 202 g/mol. The zero-order valence-electron chi connectivity index (χ0n) is 8.87. The maximum absolute atomic E-state index is 11.5. The van der Waals surface area contributed by atoms with Crippen LogP contribution < -0.4 is 10.6 Å². The molecule has 0 spiro atoms. The van der Waals surface area contributed by atoms with E-state index >= 15 is 0 Å². The molecule has 1 atom stereocenters. The molecule has 0 aromatic carbocycles. The normalized spacial score (nSPS) is 12.3. The van der Waals surface area contributed by atoms with Crippen LogP contribution in [0.2, 0.25) is 0 Å². The molecule has 0 saturated heterocycles. The maximum Gasteiger partial charge on any atom is 0.242 e. The number of methoxy groups -OCH3 is 1. The number of hydrogen-bond donors (Lipinski definition) is 2. The molecule has 0 heterocycles. The van der Waals surface area contributed by atoms with Gasteiger partial charge in [-0.15, -0.1) is 0 Å². The van der Waals surface area contributed by atoms with Crippen LogP contribution in [0.1, 0.15) is 13.8 Å². The van der Waals surface area contributed by atoms with Crippen LogP contribution >= 0.6 is 0 Å². The first-order valence-electron chi connectivity index (χ1n) is 4.59. The van der Waals surface area contributed by atoms with E-state index in [-0.39, 0.29) is 11.8 Å². The third-order valence-corrected chi connectivity index (χ3v) is 1.80. The van der Waals surface area contributed by atoms with E-state index in [1.807, 2.05) is 13.8 Å². The van der Waals surface area contributed by atoms with Crippen molar-refractivity contribution >= 4 is 12.3 Å². The lowest BCUT2D eigenvalue weighted by Crippen LogP contribution is -2.47. The average Bonchev–Trinajstić information content (AvgIpc) is 2.13. The van der Waals surface area contributed by atoms with E-state index < -0.39 is 6.04 Å². The number of carbonyl (C=O) groups is 2. The number of hydrogen-bond acceptors (Lipinski definition) is 3. The lowest BCUT2D eigenvalue weighted by molar-refractivity contribution is -0.126. The Morgan fingerprint density at radius 1 is 1.50 bits per heavy atom. The minimum atomic E-state index is -0.468. The Bertz CT molecular complexity index is 183. The van der Waals surface area contributed by atoms with Crippen molar-refractivity contribution in [2.24, 2.45) is 5.92 Å². The Balaban J connectivity index is 3.95. The van der Waals surface area contributed by atoms with Crippen LogP contribution in [0.3, 0.4) is 0 Å². The van der Waals surface area contributed by atoms with Crippen molar-refractivity contribution in [2.75, 3.05) is 20.3 Å². The van der Waals surface area contributed by atoms with Crippen LogP contribution in [-0.4, -0.2) is 38.6 Å². The van der Waals surface area contributed by atoms with E-state index in [0.717, 1.165) is 0 Å². The molecule has 0 bridgehead atoms. The number of carbonyl (C=O) groups excluding carboxylic acids is 2. The highest BCUT2D eigenvalue weighted by Crippen LogP contribution is 2.00. The van der Waals surface area contributed by atoms with Gasteiger partial charge < -0.3 is 15.4 Å². The fourth-order valence-electron chi connectivity index (χ4n) is 1.03. The van der Waals surface area contributed by atoms with Gasteiger partial charge in [-0.25, -0.2) is 0 Å². The molecule has 0 aliphatic carbocycles. The van der Waals surface area contributed by atoms with Crippen LogP contribution in [0, 0.1) is 5.92 Å². The van der Waals surface area contributed by atoms with E-state index in [9.17, 15) is 9.59 Å². The van der Waals surface area contributed by atoms with Crippen LogP contribution in [0.15, 0.2) is 0 Å². The molecule has 2 amide bonds. The van der Waals surface area contributed by atoms with Crippen molar-refractivity contribution in [3.8, 4) is 0 Å². The standard InChI is InChI=1S/C9H18N2O3/c1-7(2)8(11-6-12)9(13)10-4-5-14-3/h6-8H,4-5H2,1-3H3,(H,10,13)(H,11,12). The van der Waals surface area contributed by atoms with Gasteiger partial charge in [-0.1, -0.05) is 13.8 Å². The second-order valence-corrected chi connectivity index (χ2v) is 3.29. The zero-order chi connectivity index (χ0) is 11.0. The molecule has 2 N–H and O–H groups in total. The van der Waals surface area contributed by atoms with Crippen molar-refractivity contribution < 1.29 is 14.3 Å². The predicted molar refractivity (Wildman–Crippen MR) is 52.7 cm³/mol. The summed E-state index contributed by atoms with van der Waals surface area (Å²) in [5.41, 5.74) is 0. The smallest absolute Gasteiger partial charge is 0.242 e. The van der Waals surface area contributed by atoms with Gasteiger partial charge in [-0.05, 0) is 5.92 Å². The molecule has 5 nitrogen and oxygen atoms in total. The van der Waals surface area contributed by atoms with Gasteiger partial charge in [0.15, 0.2) is 0 Å². The molecular weight excluding hydrogens is 184 g/mol. The fraction of sp³-hybridized carbons (Fsp3) is 0.778. The molecule has 0 aromatic heterocycles. The molecule has 0 aliphatic heterocycles. The van der Waals surface area contributed by atoms with Gasteiger partial charge in [0.25, 0.3) is 0 Å². The first-order valence-corrected chi connectivity index (χ1v) is 4.59. The Morgan fingerprint density at radius 2 is 2.14 bits per heavy atom. The zero-order valence-corrected chi connectivity index (χ0v) is 8.87. The summed E-state index contributed by atoms with van der Waals surface area (Å²) in [6, 6.07) is -0.468. The first-order chi connectivity index (χ1) is 6.63. The van der Waals surface area contributed by atoms with Gasteiger partial charge in [0.1, 0.15) is 6.04 Å². The molecule has 14 heavy (non-hydrogen) atoms. The first kappa shape index (κ1) is 12.9. The maximum atomic E-state index is 11.5. The number of nitrogens with one attached hydrogen (secondary N) is 2. The van der Waals surface area contributed by atoms with E-state index in [2.05, 4.69) is 10.6 Å². The minimum Gasteiger partial charge on any atom is -0.383 e. The summed E-state index contributed by atoms with van der Waals surface area (Å²) in [6.07, 6.45) is 0.542. The Kier molecular flexibility index (Phi) is 6.74. The fourth-order valence-corrected chi connectivity index (χ4v) is 1.03. The van der Waals surface area contributed by atoms with Gasteiger partial charge in [0.2, 0.25) is 12.3 Å². The SMILES string of the molecule is COCCNC(=O)C(NC=O)C(C)C. The Morgan fingerprint density at radius 3 is 2.57 bits per heavy atom. The van der Waals surface area contributed by atoms with Crippen LogP contribution in [-0.2, 0) is 14.3 Å². The Labute approximate surface area is 84.2 Å². The Hall–Kier alpha value is -1.10. The molecule has 0 radical (unpaired) electrons. The summed E-state index contributed by atoms with van der Waals surface area (Å²) >= 11 is 0. The molecule has 1 unspecified atom stereocenters.